The molecule has 114 valence electrons. The van der Waals surface area contributed by atoms with Gasteiger partial charge < -0.3 is 19.9 Å². The molecule has 6 nitrogen and oxygen atoms in total. The molecule has 0 unspecified atom stereocenters. The number of carbonyl (C=O) groups excluding carboxylic acids is 1. The molecule has 6 heteroatoms. The van der Waals surface area contributed by atoms with Crippen molar-refractivity contribution in [2.75, 3.05) is 19.0 Å². The van der Waals surface area contributed by atoms with E-state index in [0.29, 0.717) is 22.7 Å². The summed E-state index contributed by atoms with van der Waals surface area (Å²) in [6.07, 6.45) is 0. The Morgan fingerprint density at radius 2 is 1.77 bits per heavy atom. The fourth-order valence-corrected chi connectivity index (χ4v) is 1.79. The van der Waals surface area contributed by atoms with Gasteiger partial charge in [-0.1, -0.05) is 12.1 Å². The number of anilines is 1. The Labute approximate surface area is 127 Å². The molecular formula is C16H15NO5. The molecule has 0 fully saturated rings. The molecule has 2 aromatic carbocycles. The lowest BCUT2D eigenvalue weighted by Gasteiger charge is -2.10. The summed E-state index contributed by atoms with van der Waals surface area (Å²) in [4.78, 5) is 22.6. The van der Waals surface area contributed by atoms with Crippen molar-refractivity contribution < 1.29 is 24.2 Å². The zero-order chi connectivity index (χ0) is 15.9. The van der Waals surface area contributed by atoms with Crippen LogP contribution in [0.1, 0.15) is 10.4 Å². The Balaban J connectivity index is 2.05. The van der Waals surface area contributed by atoms with Gasteiger partial charge in [-0.25, -0.2) is 4.79 Å². The van der Waals surface area contributed by atoms with Crippen LogP contribution in [0.15, 0.2) is 48.5 Å². The Morgan fingerprint density at radius 3 is 2.41 bits per heavy atom. The first kappa shape index (κ1) is 15.4. The van der Waals surface area contributed by atoms with Crippen LogP contribution >= 0.6 is 0 Å². The molecule has 0 spiro atoms. The van der Waals surface area contributed by atoms with Crippen LogP contribution in [0, 0.1) is 0 Å². The van der Waals surface area contributed by atoms with E-state index in [1.807, 2.05) is 6.07 Å². The van der Waals surface area contributed by atoms with Crippen LogP contribution in [0.4, 0.5) is 5.69 Å². The van der Waals surface area contributed by atoms with Crippen LogP contribution in [-0.2, 0) is 4.79 Å². The van der Waals surface area contributed by atoms with Crippen molar-refractivity contribution in [1.82, 2.24) is 0 Å². The summed E-state index contributed by atoms with van der Waals surface area (Å²) in [5.74, 6) is -0.402. The molecule has 0 aromatic heterocycles. The van der Waals surface area contributed by atoms with Crippen molar-refractivity contribution in [3.05, 3.63) is 54.1 Å². The lowest BCUT2D eigenvalue weighted by Crippen LogP contribution is -2.13. The van der Waals surface area contributed by atoms with Gasteiger partial charge >= 0.3 is 5.97 Å². The molecule has 0 bridgehead atoms. The Bertz CT molecular complexity index is 666. The normalized spacial score (nSPS) is 9.86. The van der Waals surface area contributed by atoms with Gasteiger partial charge in [0.25, 0.3) is 5.91 Å². The van der Waals surface area contributed by atoms with Crippen LogP contribution in [0.25, 0.3) is 0 Å². The largest absolute Gasteiger partial charge is 0.495 e. The number of para-hydroxylation sites is 2. The maximum atomic E-state index is 12.2. The maximum absolute atomic E-state index is 12.2. The first-order valence-electron chi connectivity index (χ1n) is 6.49. The molecule has 22 heavy (non-hydrogen) atoms. The third-order valence-corrected chi connectivity index (χ3v) is 2.83. The smallest absolute Gasteiger partial charge is 0.341 e. The van der Waals surface area contributed by atoms with Crippen LogP contribution < -0.4 is 14.8 Å². The van der Waals surface area contributed by atoms with Gasteiger partial charge in [0, 0.05) is 5.56 Å². The molecule has 0 atom stereocenters. The quantitative estimate of drug-likeness (QED) is 0.856. The fraction of sp³-hybridized carbons (Fsp3) is 0.125. The van der Waals surface area contributed by atoms with E-state index in [9.17, 15) is 9.59 Å². The van der Waals surface area contributed by atoms with Gasteiger partial charge in [-0.15, -0.1) is 0 Å². The van der Waals surface area contributed by atoms with Gasteiger partial charge in [-0.3, -0.25) is 4.79 Å². The number of carboxylic acid groups (broad SMARTS) is 1. The highest BCUT2D eigenvalue weighted by Crippen LogP contribution is 2.24. The number of rotatable bonds is 6. The summed E-state index contributed by atoms with van der Waals surface area (Å²) in [5, 5.41) is 11.3. The summed E-state index contributed by atoms with van der Waals surface area (Å²) >= 11 is 0. The Hall–Kier alpha value is -3.02. The summed E-state index contributed by atoms with van der Waals surface area (Å²) in [7, 11) is 1.53. The van der Waals surface area contributed by atoms with Gasteiger partial charge in [0.2, 0.25) is 0 Å². The number of nitrogens with one attached hydrogen (secondary N) is 1. The predicted octanol–water partition coefficient (Wildman–Crippen LogP) is 2.41. The lowest BCUT2D eigenvalue weighted by molar-refractivity contribution is -0.139. The average molecular weight is 301 g/mol. The Morgan fingerprint density at radius 1 is 1.09 bits per heavy atom. The molecule has 0 saturated heterocycles. The molecule has 0 radical (unpaired) electrons. The first-order chi connectivity index (χ1) is 10.6. The molecule has 0 aliphatic carbocycles. The SMILES string of the molecule is COc1ccccc1NC(=O)c1ccc(OCC(=O)O)cc1. The minimum absolute atomic E-state index is 0.297. The number of carbonyl (C=O) groups is 2. The Kier molecular flexibility index (Phi) is 4.98. The van der Waals surface area contributed by atoms with Crippen molar-refractivity contribution in [2.45, 2.75) is 0 Å². The number of benzene rings is 2. The summed E-state index contributed by atoms with van der Waals surface area (Å²) in [6, 6.07) is 13.3. The molecule has 0 saturated carbocycles. The molecule has 2 aromatic rings. The monoisotopic (exact) mass is 301 g/mol. The number of ether oxygens (including phenoxy) is 2. The summed E-state index contributed by atoms with van der Waals surface area (Å²) in [6.45, 7) is -0.424. The highest BCUT2D eigenvalue weighted by molar-refractivity contribution is 6.05. The van der Waals surface area contributed by atoms with Crippen LogP contribution in [0.2, 0.25) is 0 Å². The minimum Gasteiger partial charge on any atom is -0.495 e. The van der Waals surface area contributed by atoms with Crippen molar-refractivity contribution >= 4 is 17.6 Å². The number of carboxylic acids is 1. The van der Waals surface area contributed by atoms with E-state index in [0.717, 1.165) is 0 Å². The van der Waals surface area contributed by atoms with Crippen molar-refractivity contribution in [3.8, 4) is 11.5 Å². The third kappa shape index (κ3) is 3.99. The highest BCUT2D eigenvalue weighted by atomic mass is 16.5. The van der Waals surface area contributed by atoms with E-state index < -0.39 is 12.6 Å². The fourth-order valence-electron chi connectivity index (χ4n) is 1.79. The second-order valence-corrected chi connectivity index (χ2v) is 4.36. The zero-order valence-corrected chi connectivity index (χ0v) is 11.9. The van der Waals surface area contributed by atoms with Gasteiger partial charge in [0.05, 0.1) is 12.8 Å². The highest BCUT2D eigenvalue weighted by Gasteiger charge is 2.09. The first-order valence-corrected chi connectivity index (χ1v) is 6.49. The van der Waals surface area contributed by atoms with Crippen LogP contribution in [-0.4, -0.2) is 30.7 Å². The summed E-state index contributed by atoms with van der Waals surface area (Å²) in [5.41, 5.74) is 0.995. The van der Waals surface area contributed by atoms with Gasteiger partial charge in [0.15, 0.2) is 6.61 Å². The van der Waals surface area contributed by atoms with Crippen LogP contribution in [0.3, 0.4) is 0 Å². The maximum Gasteiger partial charge on any atom is 0.341 e. The van der Waals surface area contributed by atoms with Gasteiger partial charge in [0.1, 0.15) is 11.5 Å². The summed E-state index contributed by atoms with van der Waals surface area (Å²) < 4.78 is 10.2. The number of aliphatic carboxylic acids is 1. The topological polar surface area (TPSA) is 84.9 Å². The number of amides is 1. The molecule has 2 N–H and O–H groups in total. The van der Waals surface area contributed by atoms with Crippen molar-refractivity contribution in [2.24, 2.45) is 0 Å². The standard InChI is InChI=1S/C16H15NO5/c1-21-14-5-3-2-4-13(14)17-16(20)11-6-8-12(9-7-11)22-10-15(18)19/h2-9H,10H2,1H3,(H,17,20)(H,18,19). The lowest BCUT2D eigenvalue weighted by atomic mass is 10.2. The number of hydrogen-bond donors (Lipinski definition) is 2. The average Bonchev–Trinajstić information content (AvgIpc) is 2.54. The zero-order valence-electron chi connectivity index (χ0n) is 11.9. The van der Waals surface area contributed by atoms with E-state index in [1.54, 1.807) is 42.5 Å². The molecule has 2 rings (SSSR count). The van der Waals surface area contributed by atoms with Crippen molar-refractivity contribution in [1.29, 1.82) is 0 Å². The van der Waals surface area contributed by atoms with Gasteiger partial charge in [-0.05, 0) is 36.4 Å². The molecule has 0 aliphatic heterocycles. The molecule has 0 heterocycles. The van der Waals surface area contributed by atoms with E-state index in [4.69, 9.17) is 14.6 Å². The predicted molar refractivity (Wildman–Crippen MR) is 80.5 cm³/mol. The van der Waals surface area contributed by atoms with Crippen molar-refractivity contribution in [3.63, 3.8) is 0 Å². The second-order valence-electron chi connectivity index (χ2n) is 4.36. The number of hydrogen-bond acceptors (Lipinski definition) is 4. The second kappa shape index (κ2) is 7.12. The van der Waals surface area contributed by atoms with E-state index in [2.05, 4.69) is 5.32 Å². The number of methoxy groups -OCH3 is 1. The van der Waals surface area contributed by atoms with E-state index in [1.165, 1.54) is 7.11 Å². The van der Waals surface area contributed by atoms with E-state index >= 15 is 0 Å². The van der Waals surface area contributed by atoms with E-state index in [-0.39, 0.29) is 5.91 Å². The minimum atomic E-state index is -1.06. The van der Waals surface area contributed by atoms with Crippen LogP contribution in [0.5, 0.6) is 11.5 Å². The third-order valence-electron chi connectivity index (χ3n) is 2.83. The molecular weight excluding hydrogens is 286 g/mol. The van der Waals surface area contributed by atoms with Gasteiger partial charge in [-0.2, -0.15) is 0 Å². The molecule has 1 amide bonds. The molecule has 0 aliphatic rings.